The van der Waals surface area contributed by atoms with E-state index in [1.54, 1.807) is 19.2 Å². The minimum atomic E-state index is -0.495. The molecule has 110 valence electrons. The first-order valence-electron chi connectivity index (χ1n) is 6.38. The molecular weight excluding hydrogens is 270 g/mol. The maximum absolute atomic E-state index is 12.2. The molecule has 2 aromatic rings. The molecule has 0 radical (unpaired) electrons. The third-order valence-electron chi connectivity index (χ3n) is 2.99. The van der Waals surface area contributed by atoms with Crippen LogP contribution in [-0.4, -0.2) is 20.2 Å². The van der Waals surface area contributed by atoms with Crippen molar-refractivity contribution in [1.82, 2.24) is 0 Å². The average molecular weight is 287 g/mol. The Morgan fingerprint density at radius 3 is 2.48 bits per heavy atom. The number of hydrogen-bond acceptors (Lipinski definition) is 5. The number of anilines is 1. The first-order chi connectivity index (χ1) is 10.2. The summed E-state index contributed by atoms with van der Waals surface area (Å²) in [6, 6.07) is 12.2. The van der Waals surface area contributed by atoms with Gasteiger partial charge in [0.2, 0.25) is 0 Å². The summed E-state index contributed by atoms with van der Waals surface area (Å²) in [4.78, 5) is 12.2. The monoisotopic (exact) mass is 287 g/mol. The van der Waals surface area contributed by atoms with Gasteiger partial charge in [-0.25, -0.2) is 4.79 Å². The van der Waals surface area contributed by atoms with Crippen molar-refractivity contribution in [3.63, 3.8) is 0 Å². The molecule has 0 aromatic heterocycles. The number of carbonyl (C=O) groups excluding carboxylic acids is 1. The van der Waals surface area contributed by atoms with E-state index in [2.05, 4.69) is 0 Å². The van der Waals surface area contributed by atoms with Crippen LogP contribution in [0.5, 0.6) is 11.5 Å². The molecule has 5 nitrogen and oxygen atoms in total. The summed E-state index contributed by atoms with van der Waals surface area (Å²) < 4.78 is 15.6. The Morgan fingerprint density at radius 1 is 1.05 bits per heavy atom. The molecule has 0 unspecified atom stereocenters. The maximum Gasteiger partial charge on any atom is 0.342 e. The molecule has 0 aliphatic rings. The van der Waals surface area contributed by atoms with Crippen LogP contribution in [-0.2, 0) is 11.3 Å². The van der Waals surface area contributed by atoms with Crippen molar-refractivity contribution in [2.45, 2.75) is 6.61 Å². The number of ether oxygens (including phenoxy) is 3. The maximum atomic E-state index is 12.2. The summed E-state index contributed by atoms with van der Waals surface area (Å²) in [5.74, 6) is 0.601. The standard InChI is InChI=1S/C16H17NO4/c1-19-14-6-4-3-5-11(14)10-21-16(18)13-9-12(17)7-8-15(13)20-2/h3-9H,10,17H2,1-2H3. The summed E-state index contributed by atoms with van der Waals surface area (Å²) >= 11 is 0. The molecular formula is C16H17NO4. The highest BCUT2D eigenvalue weighted by atomic mass is 16.5. The van der Waals surface area contributed by atoms with Gasteiger partial charge in [0.25, 0.3) is 0 Å². The van der Waals surface area contributed by atoms with E-state index in [1.807, 2.05) is 24.3 Å². The summed E-state index contributed by atoms with van der Waals surface area (Å²) in [7, 11) is 3.06. The second kappa shape index (κ2) is 6.65. The third kappa shape index (κ3) is 3.45. The van der Waals surface area contributed by atoms with Gasteiger partial charge in [0.15, 0.2) is 0 Å². The molecule has 0 heterocycles. The summed E-state index contributed by atoms with van der Waals surface area (Å²) in [5.41, 5.74) is 7.25. The zero-order valence-electron chi connectivity index (χ0n) is 12.0. The Hall–Kier alpha value is -2.69. The smallest absolute Gasteiger partial charge is 0.342 e. The lowest BCUT2D eigenvalue weighted by Gasteiger charge is -2.11. The molecule has 2 aromatic carbocycles. The number of carbonyl (C=O) groups is 1. The minimum Gasteiger partial charge on any atom is -0.496 e. The number of nitrogens with two attached hydrogens (primary N) is 1. The largest absolute Gasteiger partial charge is 0.496 e. The predicted molar refractivity (Wildman–Crippen MR) is 79.5 cm³/mol. The first-order valence-corrected chi connectivity index (χ1v) is 6.38. The van der Waals surface area contributed by atoms with E-state index in [4.69, 9.17) is 19.9 Å². The van der Waals surface area contributed by atoms with E-state index in [-0.39, 0.29) is 6.61 Å². The van der Waals surface area contributed by atoms with Gasteiger partial charge in [-0.15, -0.1) is 0 Å². The Morgan fingerprint density at radius 2 is 1.76 bits per heavy atom. The van der Waals surface area contributed by atoms with Crippen molar-refractivity contribution in [2.75, 3.05) is 20.0 Å². The zero-order valence-corrected chi connectivity index (χ0v) is 12.0. The predicted octanol–water partition coefficient (Wildman–Crippen LogP) is 2.64. The fourth-order valence-electron chi connectivity index (χ4n) is 1.93. The quantitative estimate of drug-likeness (QED) is 0.676. The van der Waals surface area contributed by atoms with Crippen LogP contribution in [0, 0.1) is 0 Å². The fourth-order valence-corrected chi connectivity index (χ4v) is 1.93. The van der Waals surface area contributed by atoms with Crippen LogP contribution >= 0.6 is 0 Å². The highest BCUT2D eigenvalue weighted by Crippen LogP contribution is 2.23. The van der Waals surface area contributed by atoms with E-state index >= 15 is 0 Å². The van der Waals surface area contributed by atoms with Crippen LogP contribution in [0.15, 0.2) is 42.5 Å². The van der Waals surface area contributed by atoms with Gasteiger partial charge in [-0.1, -0.05) is 18.2 Å². The highest BCUT2D eigenvalue weighted by molar-refractivity contribution is 5.93. The van der Waals surface area contributed by atoms with Crippen molar-refractivity contribution in [3.8, 4) is 11.5 Å². The number of methoxy groups -OCH3 is 2. The van der Waals surface area contributed by atoms with E-state index in [0.29, 0.717) is 22.7 Å². The van der Waals surface area contributed by atoms with E-state index in [0.717, 1.165) is 5.56 Å². The zero-order chi connectivity index (χ0) is 15.2. The van der Waals surface area contributed by atoms with E-state index in [9.17, 15) is 4.79 Å². The number of benzene rings is 2. The molecule has 0 saturated heterocycles. The van der Waals surface area contributed by atoms with Crippen molar-refractivity contribution in [3.05, 3.63) is 53.6 Å². The van der Waals surface area contributed by atoms with Gasteiger partial charge in [0.1, 0.15) is 23.7 Å². The first kappa shape index (κ1) is 14.7. The molecule has 0 bridgehead atoms. The average Bonchev–Trinajstić information content (AvgIpc) is 2.52. The molecule has 0 aliphatic carbocycles. The molecule has 0 fully saturated rings. The van der Waals surface area contributed by atoms with Crippen LogP contribution in [0.2, 0.25) is 0 Å². The van der Waals surface area contributed by atoms with Crippen molar-refractivity contribution < 1.29 is 19.0 Å². The topological polar surface area (TPSA) is 70.8 Å². The normalized spacial score (nSPS) is 10.0. The molecule has 0 spiro atoms. The SMILES string of the molecule is COc1ccccc1COC(=O)c1cc(N)ccc1OC. The summed E-state index contributed by atoms with van der Waals surface area (Å²) in [5, 5.41) is 0. The molecule has 21 heavy (non-hydrogen) atoms. The van der Waals surface area contributed by atoms with Crippen molar-refractivity contribution in [1.29, 1.82) is 0 Å². The van der Waals surface area contributed by atoms with Gasteiger partial charge in [-0.3, -0.25) is 0 Å². The van der Waals surface area contributed by atoms with E-state index < -0.39 is 5.97 Å². The number of nitrogen functional groups attached to an aromatic ring is 1. The summed E-state index contributed by atoms with van der Waals surface area (Å²) in [6.45, 7) is 0.112. The van der Waals surface area contributed by atoms with Crippen LogP contribution in [0.4, 0.5) is 5.69 Å². The molecule has 0 amide bonds. The number of rotatable bonds is 5. The molecule has 2 rings (SSSR count). The summed E-state index contributed by atoms with van der Waals surface area (Å²) in [6.07, 6.45) is 0. The second-order valence-electron chi connectivity index (χ2n) is 4.35. The van der Waals surface area contributed by atoms with Crippen LogP contribution in [0.25, 0.3) is 0 Å². The van der Waals surface area contributed by atoms with Crippen LogP contribution in [0.3, 0.4) is 0 Å². The van der Waals surface area contributed by atoms with Gasteiger partial charge in [-0.05, 0) is 24.3 Å². The lowest BCUT2D eigenvalue weighted by Crippen LogP contribution is -2.08. The number of hydrogen-bond donors (Lipinski definition) is 1. The van der Waals surface area contributed by atoms with E-state index in [1.165, 1.54) is 13.2 Å². The second-order valence-corrected chi connectivity index (χ2v) is 4.35. The Labute approximate surface area is 123 Å². The number of esters is 1. The molecule has 5 heteroatoms. The van der Waals surface area contributed by atoms with Crippen LogP contribution < -0.4 is 15.2 Å². The molecule has 2 N–H and O–H groups in total. The Bertz CT molecular complexity index is 640. The van der Waals surface area contributed by atoms with Crippen molar-refractivity contribution >= 4 is 11.7 Å². The van der Waals surface area contributed by atoms with Crippen molar-refractivity contribution in [2.24, 2.45) is 0 Å². The van der Waals surface area contributed by atoms with Crippen LogP contribution in [0.1, 0.15) is 15.9 Å². The van der Waals surface area contributed by atoms with Gasteiger partial charge < -0.3 is 19.9 Å². The Balaban J connectivity index is 2.13. The minimum absolute atomic E-state index is 0.112. The van der Waals surface area contributed by atoms with Gasteiger partial charge in [-0.2, -0.15) is 0 Å². The van der Waals surface area contributed by atoms with Gasteiger partial charge in [0.05, 0.1) is 14.2 Å². The molecule has 0 aliphatic heterocycles. The lowest BCUT2D eigenvalue weighted by molar-refractivity contribution is 0.0466. The van der Waals surface area contributed by atoms with Gasteiger partial charge in [0, 0.05) is 11.3 Å². The Kier molecular flexibility index (Phi) is 4.66. The number of para-hydroxylation sites is 1. The molecule has 0 saturated carbocycles. The van der Waals surface area contributed by atoms with Gasteiger partial charge >= 0.3 is 5.97 Å². The lowest BCUT2D eigenvalue weighted by atomic mass is 10.1. The molecule has 0 atom stereocenters. The highest BCUT2D eigenvalue weighted by Gasteiger charge is 2.15. The fraction of sp³-hybridized carbons (Fsp3) is 0.188. The third-order valence-corrected chi connectivity index (χ3v) is 2.99.